The second-order valence-corrected chi connectivity index (χ2v) is 16.4. The van der Waals surface area contributed by atoms with Gasteiger partial charge >= 0.3 is 0 Å². The predicted octanol–water partition coefficient (Wildman–Crippen LogP) is 15.1. The minimum atomic E-state index is -1.04. The molecule has 0 atom stereocenters. The summed E-state index contributed by atoms with van der Waals surface area (Å²) in [6.07, 6.45) is 0. The Hall–Kier alpha value is -7.76. The highest BCUT2D eigenvalue weighted by molar-refractivity contribution is 6.20. The van der Waals surface area contributed by atoms with Gasteiger partial charge in [-0.3, -0.25) is 0 Å². The standard InChI is InChI=1S/C56H34F2N2O/c1-33-19-23-37(24-20-33)59(38-25-28-42-41-13-6-9-17-49(41)60(50(42)31-38)36-11-3-2-4-12-36)51-32-48-53(55-54(51)44-15-7-10-18-52(44)61-55)43-14-5-8-16-45(43)56(48)46-29-34(57)21-26-39(46)40-27-22-35(58)30-47(40)56/h2-32H,1H3. The van der Waals surface area contributed by atoms with Crippen molar-refractivity contribution < 1.29 is 13.2 Å². The van der Waals surface area contributed by atoms with Gasteiger partial charge < -0.3 is 13.9 Å². The number of nitrogens with zero attached hydrogens (tertiary/aromatic N) is 2. The van der Waals surface area contributed by atoms with Crippen LogP contribution in [-0.4, -0.2) is 4.57 Å². The molecule has 0 amide bonds. The predicted molar refractivity (Wildman–Crippen MR) is 244 cm³/mol. The fraction of sp³-hybridized carbons (Fsp3) is 0.0357. The minimum Gasteiger partial charge on any atom is -0.455 e. The number of halogens is 2. The number of aryl methyl sites for hydroxylation is 1. The summed E-state index contributed by atoms with van der Waals surface area (Å²) >= 11 is 0. The summed E-state index contributed by atoms with van der Waals surface area (Å²) < 4.78 is 41.0. The number of furan rings is 1. The topological polar surface area (TPSA) is 21.3 Å². The number of anilines is 3. The van der Waals surface area contributed by atoms with Gasteiger partial charge in [-0.2, -0.15) is 0 Å². The van der Waals surface area contributed by atoms with Gasteiger partial charge in [0.2, 0.25) is 0 Å². The lowest BCUT2D eigenvalue weighted by atomic mass is 9.70. The van der Waals surface area contributed by atoms with Crippen molar-refractivity contribution >= 4 is 60.8 Å². The molecule has 5 heteroatoms. The van der Waals surface area contributed by atoms with Gasteiger partial charge in [-0.15, -0.1) is 0 Å². The van der Waals surface area contributed by atoms with Crippen molar-refractivity contribution in [1.29, 1.82) is 0 Å². The minimum absolute atomic E-state index is 0.342. The molecule has 3 nitrogen and oxygen atoms in total. The zero-order chi connectivity index (χ0) is 40.6. The fourth-order valence-electron chi connectivity index (χ4n) is 10.7. The van der Waals surface area contributed by atoms with Crippen molar-refractivity contribution in [3.8, 4) is 27.9 Å². The molecule has 0 N–H and O–H groups in total. The maximum Gasteiger partial charge on any atom is 0.145 e. The highest BCUT2D eigenvalue weighted by Gasteiger charge is 2.53. The number of fused-ring (bicyclic) bond motifs is 17. The van der Waals surface area contributed by atoms with Crippen LogP contribution in [0.1, 0.15) is 27.8 Å². The van der Waals surface area contributed by atoms with Gasteiger partial charge in [0.15, 0.2) is 0 Å². The summed E-state index contributed by atoms with van der Waals surface area (Å²) in [5, 5.41) is 4.27. The molecule has 9 aromatic carbocycles. The zero-order valence-corrected chi connectivity index (χ0v) is 33.0. The van der Waals surface area contributed by atoms with Gasteiger partial charge in [0, 0.05) is 38.8 Å². The molecule has 1 spiro atoms. The first-order valence-corrected chi connectivity index (χ1v) is 20.6. The highest BCUT2D eigenvalue weighted by Crippen LogP contribution is 2.65. The fourth-order valence-corrected chi connectivity index (χ4v) is 10.7. The molecule has 11 aromatic rings. The molecule has 13 rings (SSSR count). The van der Waals surface area contributed by atoms with Crippen molar-refractivity contribution in [2.75, 3.05) is 4.90 Å². The molecule has 0 radical (unpaired) electrons. The number of hydrogen-bond donors (Lipinski definition) is 0. The molecule has 0 saturated heterocycles. The van der Waals surface area contributed by atoms with Crippen LogP contribution in [0.15, 0.2) is 192 Å². The average Bonchev–Trinajstić information content (AvgIpc) is 4.01. The molecule has 61 heavy (non-hydrogen) atoms. The Balaban J connectivity index is 1.19. The maximum absolute atomic E-state index is 15.8. The third kappa shape index (κ3) is 4.55. The third-order valence-electron chi connectivity index (χ3n) is 13.2. The first-order valence-electron chi connectivity index (χ1n) is 20.6. The van der Waals surface area contributed by atoms with E-state index in [4.69, 9.17) is 4.42 Å². The van der Waals surface area contributed by atoms with Crippen LogP contribution in [0, 0.1) is 18.6 Å². The second kappa shape index (κ2) is 12.4. The molecule has 0 aliphatic heterocycles. The van der Waals surface area contributed by atoms with E-state index >= 15 is 8.78 Å². The second-order valence-electron chi connectivity index (χ2n) is 16.4. The lowest BCUT2D eigenvalue weighted by Crippen LogP contribution is -2.26. The smallest absolute Gasteiger partial charge is 0.145 e. The van der Waals surface area contributed by atoms with Crippen LogP contribution in [0.5, 0.6) is 0 Å². The molecule has 0 fully saturated rings. The molecule has 2 heterocycles. The SMILES string of the molecule is Cc1ccc(N(c2ccc3c4ccccc4n(-c4ccccc4)c3c2)c2cc3c(c4oc5ccccc5c24)-c2ccccc2C32c3cc(F)ccc3-c3ccc(F)cc32)cc1. The van der Waals surface area contributed by atoms with Crippen molar-refractivity contribution in [2.24, 2.45) is 0 Å². The summed E-state index contributed by atoms with van der Waals surface area (Å²) in [6.45, 7) is 2.10. The van der Waals surface area contributed by atoms with Gasteiger partial charge in [-0.1, -0.05) is 115 Å². The molecule has 2 aliphatic carbocycles. The largest absolute Gasteiger partial charge is 0.455 e. The Labute approximate surface area is 350 Å². The molecule has 288 valence electrons. The molecule has 0 bridgehead atoms. The zero-order valence-electron chi connectivity index (χ0n) is 33.0. The van der Waals surface area contributed by atoms with Crippen LogP contribution >= 0.6 is 0 Å². The van der Waals surface area contributed by atoms with Crippen molar-refractivity contribution in [1.82, 2.24) is 4.57 Å². The van der Waals surface area contributed by atoms with Crippen LogP contribution in [0.3, 0.4) is 0 Å². The summed E-state index contributed by atoms with van der Waals surface area (Å²) in [5.74, 6) is -0.684. The molecule has 0 saturated carbocycles. The molecule has 0 unspecified atom stereocenters. The number of benzene rings is 9. The van der Waals surface area contributed by atoms with Crippen molar-refractivity contribution in [2.45, 2.75) is 12.3 Å². The van der Waals surface area contributed by atoms with Crippen LogP contribution < -0.4 is 4.90 Å². The Bertz CT molecular complexity index is 3590. The molecular weight excluding hydrogens is 755 g/mol. The van der Waals surface area contributed by atoms with E-state index in [1.807, 2.05) is 42.5 Å². The summed E-state index contributed by atoms with van der Waals surface area (Å²) in [6, 6.07) is 63.2. The monoisotopic (exact) mass is 788 g/mol. The first-order chi connectivity index (χ1) is 30.0. The van der Waals surface area contributed by atoms with E-state index in [0.29, 0.717) is 0 Å². The first kappa shape index (κ1) is 34.1. The van der Waals surface area contributed by atoms with Crippen LogP contribution in [0.2, 0.25) is 0 Å². The lowest BCUT2D eigenvalue weighted by Gasteiger charge is -2.32. The normalized spacial score (nSPS) is 13.3. The van der Waals surface area contributed by atoms with E-state index in [1.165, 1.54) is 17.5 Å². The van der Waals surface area contributed by atoms with Gasteiger partial charge in [0.1, 0.15) is 22.8 Å². The van der Waals surface area contributed by atoms with Crippen molar-refractivity contribution in [3.05, 3.63) is 228 Å². The van der Waals surface area contributed by atoms with Gasteiger partial charge in [0.05, 0.1) is 27.5 Å². The Morgan fingerprint density at radius 3 is 1.90 bits per heavy atom. The van der Waals surface area contributed by atoms with Crippen LogP contribution in [-0.2, 0) is 5.41 Å². The number of aromatic nitrogens is 1. The molecular formula is C56H34F2N2O. The van der Waals surface area contributed by atoms with Gasteiger partial charge in [-0.25, -0.2) is 8.78 Å². The Morgan fingerprint density at radius 2 is 1.13 bits per heavy atom. The maximum atomic E-state index is 15.8. The average molecular weight is 789 g/mol. The third-order valence-corrected chi connectivity index (χ3v) is 13.2. The van der Waals surface area contributed by atoms with E-state index < -0.39 is 5.41 Å². The number of hydrogen-bond acceptors (Lipinski definition) is 2. The van der Waals surface area contributed by atoms with Gasteiger partial charge in [-0.05, 0) is 125 Å². The summed E-state index contributed by atoms with van der Waals surface area (Å²) in [5.41, 5.74) is 14.9. The van der Waals surface area contributed by atoms with E-state index in [-0.39, 0.29) is 11.6 Å². The highest BCUT2D eigenvalue weighted by atomic mass is 19.1. The quantitative estimate of drug-likeness (QED) is 0.177. The van der Waals surface area contributed by atoms with Crippen LogP contribution in [0.4, 0.5) is 25.8 Å². The van der Waals surface area contributed by atoms with E-state index in [9.17, 15) is 0 Å². The number of rotatable bonds is 4. The van der Waals surface area contributed by atoms with Crippen LogP contribution in [0.25, 0.3) is 71.7 Å². The van der Waals surface area contributed by atoms with Gasteiger partial charge in [0.25, 0.3) is 0 Å². The number of para-hydroxylation sites is 3. The Kier molecular flexibility index (Phi) is 6.93. The van der Waals surface area contributed by atoms with E-state index in [2.05, 4.69) is 138 Å². The summed E-state index contributed by atoms with van der Waals surface area (Å²) in [7, 11) is 0. The van der Waals surface area contributed by atoms with Crippen molar-refractivity contribution in [3.63, 3.8) is 0 Å². The van der Waals surface area contributed by atoms with E-state index in [0.717, 1.165) is 111 Å². The molecule has 2 aromatic heterocycles. The van der Waals surface area contributed by atoms with E-state index in [1.54, 1.807) is 12.1 Å². The summed E-state index contributed by atoms with van der Waals surface area (Å²) in [4.78, 5) is 2.33. The lowest BCUT2D eigenvalue weighted by molar-refractivity contribution is 0.618. The molecule has 2 aliphatic rings. The Morgan fingerprint density at radius 1 is 0.492 bits per heavy atom.